The number of hydrogen-bond donors (Lipinski definition) is 1. The fraction of sp³-hybridized carbons (Fsp3) is 1.00. The Morgan fingerprint density at radius 2 is 1.85 bits per heavy atom. The predicted molar refractivity (Wildman–Crippen MR) is 80.9 cm³/mol. The van der Waals surface area contributed by atoms with Crippen molar-refractivity contribution in [2.45, 2.75) is 82.0 Å². The zero-order chi connectivity index (χ0) is 13.4. The molecule has 2 saturated heterocycles. The molecule has 0 amide bonds. The lowest BCUT2D eigenvalue weighted by Gasteiger charge is -2.44. The van der Waals surface area contributed by atoms with E-state index in [1.807, 2.05) is 0 Å². The van der Waals surface area contributed by atoms with Gasteiger partial charge in [-0.1, -0.05) is 25.7 Å². The van der Waals surface area contributed by atoms with Crippen LogP contribution < -0.4 is 5.32 Å². The molecule has 2 saturated carbocycles. The highest BCUT2D eigenvalue weighted by Crippen LogP contribution is 2.35. The van der Waals surface area contributed by atoms with Crippen molar-refractivity contribution in [3.8, 4) is 0 Å². The summed E-state index contributed by atoms with van der Waals surface area (Å²) >= 11 is 0. The van der Waals surface area contributed by atoms with E-state index in [1.54, 1.807) is 0 Å². The quantitative estimate of drug-likeness (QED) is 0.840. The zero-order valence-electron chi connectivity index (χ0n) is 12.7. The Kier molecular flexibility index (Phi) is 4.02. The first kappa shape index (κ1) is 13.5. The summed E-state index contributed by atoms with van der Waals surface area (Å²) in [5.41, 5.74) is 0. The van der Waals surface area contributed by atoms with Gasteiger partial charge in [0.15, 0.2) is 0 Å². The average molecular weight is 278 g/mol. The van der Waals surface area contributed by atoms with Crippen LogP contribution in [-0.4, -0.2) is 48.8 Å². The molecular formula is C17H30N2O. The number of fused-ring (bicyclic) bond motifs is 2. The van der Waals surface area contributed by atoms with Gasteiger partial charge >= 0.3 is 0 Å². The first-order chi connectivity index (χ1) is 9.90. The second-order valence-corrected chi connectivity index (χ2v) is 7.51. The SMILES string of the molecule is C1CCC2NC(CN3CCOC4CCCCC43)CC2C1. The first-order valence-electron chi connectivity index (χ1n) is 9.02. The second kappa shape index (κ2) is 5.94. The third kappa shape index (κ3) is 2.65. The Balaban J connectivity index is 1.36. The Morgan fingerprint density at radius 1 is 1.00 bits per heavy atom. The van der Waals surface area contributed by atoms with Crippen molar-refractivity contribution in [2.75, 3.05) is 19.7 Å². The highest BCUT2D eigenvalue weighted by atomic mass is 16.5. The summed E-state index contributed by atoms with van der Waals surface area (Å²) in [5, 5.41) is 3.95. The maximum absolute atomic E-state index is 6.01. The molecule has 4 aliphatic rings. The van der Waals surface area contributed by atoms with E-state index in [1.165, 1.54) is 64.3 Å². The van der Waals surface area contributed by atoms with Gasteiger partial charge in [0.1, 0.15) is 0 Å². The first-order valence-corrected chi connectivity index (χ1v) is 9.02. The van der Waals surface area contributed by atoms with Gasteiger partial charge in [-0.2, -0.15) is 0 Å². The van der Waals surface area contributed by atoms with E-state index in [-0.39, 0.29) is 0 Å². The van der Waals surface area contributed by atoms with Crippen LogP contribution in [-0.2, 0) is 4.74 Å². The van der Waals surface area contributed by atoms with Crippen LogP contribution in [0, 0.1) is 5.92 Å². The van der Waals surface area contributed by atoms with Crippen molar-refractivity contribution >= 4 is 0 Å². The van der Waals surface area contributed by atoms with Crippen LogP contribution in [0.15, 0.2) is 0 Å². The molecule has 4 rings (SSSR count). The minimum Gasteiger partial charge on any atom is -0.375 e. The Bertz CT molecular complexity index is 319. The highest BCUT2D eigenvalue weighted by Gasteiger charge is 2.39. The monoisotopic (exact) mass is 278 g/mol. The summed E-state index contributed by atoms with van der Waals surface area (Å²) < 4.78 is 6.01. The predicted octanol–water partition coefficient (Wildman–Crippen LogP) is 2.55. The Labute approximate surface area is 123 Å². The standard InChI is InChI=1S/C17H30N2O/c1-2-6-15-13(5-1)11-14(18-15)12-19-9-10-20-17-8-4-3-7-16(17)19/h13-18H,1-12H2. The summed E-state index contributed by atoms with van der Waals surface area (Å²) in [6, 6.07) is 2.32. The van der Waals surface area contributed by atoms with Gasteiger partial charge in [-0.3, -0.25) is 4.90 Å². The molecule has 2 heterocycles. The minimum absolute atomic E-state index is 0.543. The third-order valence-corrected chi connectivity index (χ3v) is 6.25. The molecule has 0 radical (unpaired) electrons. The van der Waals surface area contributed by atoms with Crippen LogP contribution in [0.5, 0.6) is 0 Å². The van der Waals surface area contributed by atoms with Gasteiger partial charge in [-0.15, -0.1) is 0 Å². The van der Waals surface area contributed by atoms with Crippen molar-refractivity contribution in [2.24, 2.45) is 5.92 Å². The largest absolute Gasteiger partial charge is 0.375 e. The van der Waals surface area contributed by atoms with Crippen LogP contribution in [0.25, 0.3) is 0 Å². The number of morpholine rings is 1. The van der Waals surface area contributed by atoms with Gasteiger partial charge in [-0.25, -0.2) is 0 Å². The number of nitrogens with one attached hydrogen (secondary N) is 1. The Morgan fingerprint density at radius 3 is 2.80 bits per heavy atom. The molecule has 3 nitrogen and oxygen atoms in total. The van der Waals surface area contributed by atoms with Crippen molar-refractivity contribution in [1.29, 1.82) is 0 Å². The molecule has 5 unspecified atom stereocenters. The Hall–Kier alpha value is -0.120. The second-order valence-electron chi connectivity index (χ2n) is 7.51. The molecule has 4 fully saturated rings. The summed E-state index contributed by atoms with van der Waals surface area (Å²) in [6.45, 7) is 3.40. The number of rotatable bonds is 2. The van der Waals surface area contributed by atoms with Crippen LogP contribution in [0.1, 0.15) is 57.8 Å². The van der Waals surface area contributed by atoms with E-state index in [0.717, 1.165) is 37.2 Å². The lowest BCUT2D eigenvalue weighted by molar-refractivity contribution is -0.0898. The molecule has 0 aromatic rings. The molecule has 3 heteroatoms. The smallest absolute Gasteiger partial charge is 0.0730 e. The van der Waals surface area contributed by atoms with E-state index in [2.05, 4.69) is 10.2 Å². The van der Waals surface area contributed by atoms with Crippen molar-refractivity contribution < 1.29 is 4.74 Å². The van der Waals surface area contributed by atoms with E-state index >= 15 is 0 Å². The van der Waals surface area contributed by atoms with Gasteiger partial charge in [0, 0.05) is 31.2 Å². The van der Waals surface area contributed by atoms with E-state index in [9.17, 15) is 0 Å². The number of nitrogens with zero attached hydrogens (tertiary/aromatic N) is 1. The maximum atomic E-state index is 6.01. The molecular weight excluding hydrogens is 248 g/mol. The maximum Gasteiger partial charge on any atom is 0.0730 e. The van der Waals surface area contributed by atoms with Gasteiger partial charge in [-0.05, 0) is 38.0 Å². The van der Waals surface area contributed by atoms with Crippen molar-refractivity contribution in [3.05, 3.63) is 0 Å². The van der Waals surface area contributed by atoms with Crippen molar-refractivity contribution in [1.82, 2.24) is 10.2 Å². The van der Waals surface area contributed by atoms with E-state index < -0.39 is 0 Å². The minimum atomic E-state index is 0.543. The zero-order valence-corrected chi connectivity index (χ0v) is 12.7. The molecule has 5 atom stereocenters. The molecule has 0 bridgehead atoms. The highest BCUT2D eigenvalue weighted by molar-refractivity contribution is 4.96. The molecule has 2 aliphatic carbocycles. The lowest BCUT2D eigenvalue weighted by atomic mass is 9.85. The van der Waals surface area contributed by atoms with Gasteiger partial charge in [0.05, 0.1) is 12.7 Å². The van der Waals surface area contributed by atoms with Gasteiger partial charge in [0.25, 0.3) is 0 Å². The molecule has 114 valence electrons. The summed E-state index contributed by atoms with van der Waals surface area (Å²) in [4.78, 5) is 2.77. The summed E-state index contributed by atoms with van der Waals surface area (Å²) in [6.07, 6.45) is 13.2. The molecule has 0 aromatic heterocycles. The third-order valence-electron chi connectivity index (χ3n) is 6.25. The molecule has 0 aromatic carbocycles. The fourth-order valence-corrected chi connectivity index (χ4v) is 5.26. The lowest BCUT2D eigenvalue weighted by Crippen LogP contribution is -2.55. The average Bonchev–Trinajstić information content (AvgIpc) is 2.90. The molecule has 2 aliphatic heterocycles. The van der Waals surface area contributed by atoms with Crippen LogP contribution in [0.2, 0.25) is 0 Å². The summed E-state index contributed by atoms with van der Waals surface area (Å²) in [5.74, 6) is 0.983. The van der Waals surface area contributed by atoms with Crippen LogP contribution in [0.4, 0.5) is 0 Å². The molecule has 0 spiro atoms. The van der Waals surface area contributed by atoms with E-state index in [0.29, 0.717) is 6.10 Å². The summed E-state index contributed by atoms with van der Waals surface area (Å²) in [7, 11) is 0. The topological polar surface area (TPSA) is 24.5 Å². The van der Waals surface area contributed by atoms with Crippen LogP contribution in [0.3, 0.4) is 0 Å². The van der Waals surface area contributed by atoms with E-state index in [4.69, 9.17) is 4.74 Å². The van der Waals surface area contributed by atoms with Crippen molar-refractivity contribution in [3.63, 3.8) is 0 Å². The normalized spacial score (nSPS) is 45.9. The molecule has 20 heavy (non-hydrogen) atoms. The van der Waals surface area contributed by atoms with Crippen LogP contribution >= 0.6 is 0 Å². The van der Waals surface area contributed by atoms with Gasteiger partial charge in [0.2, 0.25) is 0 Å². The fourth-order valence-electron chi connectivity index (χ4n) is 5.26. The number of hydrogen-bond acceptors (Lipinski definition) is 3. The van der Waals surface area contributed by atoms with Gasteiger partial charge < -0.3 is 10.1 Å². The number of ether oxygens (including phenoxy) is 1. The molecule has 1 N–H and O–H groups in total.